The Morgan fingerprint density at radius 2 is 1.29 bits per heavy atom. The molecular weight excluding hydrogens is 436 g/mol. The number of anilines is 2. The van der Waals surface area contributed by atoms with Crippen LogP contribution in [0, 0.1) is 0 Å². The maximum absolute atomic E-state index is 12.4. The Morgan fingerprint density at radius 3 is 1.97 bits per heavy atom. The molecule has 3 rings (SSSR count). The van der Waals surface area contributed by atoms with Gasteiger partial charge in [-0.2, -0.15) is 0 Å². The Morgan fingerprint density at radius 1 is 0.676 bits per heavy atom. The third kappa shape index (κ3) is 6.90. The van der Waals surface area contributed by atoms with Gasteiger partial charge in [-0.1, -0.05) is 24.3 Å². The third-order valence-corrected chi connectivity index (χ3v) is 4.95. The van der Waals surface area contributed by atoms with Gasteiger partial charge in [0.05, 0.1) is 21.3 Å². The lowest BCUT2D eigenvalue weighted by molar-refractivity contribution is -0.118. The van der Waals surface area contributed by atoms with Crippen LogP contribution in [0.1, 0.15) is 12.0 Å². The minimum absolute atomic E-state index is 0.141. The lowest BCUT2D eigenvalue weighted by Gasteiger charge is -2.12. The highest BCUT2D eigenvalue weighted by Crippen LogP contribution is 2.28. The zero-order valence-electron chi connectivity index (χ0n) is 19.4. The highest BCUT2D eigenvalue weighted by atomic mass is 16.5. The first-order valence-electron chi connectivity index (χ1n) is 10.7. The van der Waals surface area contributed by atoms with Crippen LogP contribution in [-0.4, -0.2) is 39.8 Å². The number of rotatable bonds is 11. The van der Waals surface area contributed by atoms with Gasteiger partial charge in [0.25, 0.3) is 5.91 Å². The van der Waals surface area contributed by atoms with Gasteiger partial charge in [-0.05, 0) is 54.4 Å². The van der Waals surface area contributed by atoms with Gasteiger partial charge in [-0.15, -0.1) is 0 Å². The highest BCUT2D eigenvalue weighted by Gasteiger charge is 2.10. The normalized spacial score (nSPS) is 10.2. The van der Waals surface area contributed by atoms with E-state index in [9.17, 15) is 9.59 Å². The van der Waals surface area contributed by atoms with Crippen molar-refractivity contribution in [1.82, 2.24) is 0 Å². The number of carbonyl (C=O) groups excluding carboxylic acids is 2. The molecule has 0 aromatic heterocycles. The fourth-order valence-electron chi connectivity index (χ4n) is 3.27. The summed E-state index contributed by atoms with van der Waals surface area (Å²) in [6, 6.07) is 19.6. The Bertz CT molecular complexity index is 1130. The maximum atomic E-state index is 12.4. The number of nitrogens with one attached hydrogen (secondary N) is 2. The van der Waals surface area contributed by atoms with E-state index in [1.807, 2.05) is 24.3 Å². The van der Waals surface area contributed by atoms with Crippen molar-refractivity contribution in [2.24, 2.45) is 0 Å². The van der Waals surface area contributed by atoms with E-state index in [0.717, 1.165) is 5.56 Å². The zero-order valence-corrected chi connectivity index (χ0v) is 19.4. The second-order valence-corrected chi connectivity index (χ2v) is 7.31. The van der Waals surface area contributed by atoms with Gasteiger partial charge >= 0.3 is 0 Å². The van der Waals surface area contributed by atoms with Crippen LogP contribution in [-0.2, 0) is 16.0 Å². The van der Waals surface area contributed by atoms with Crippen LogP contribution in [0.4, 0.5) is 11.4 Å². The van der Waals surface area contributed by atoms with E-state index in [1.54, 1.807) is 56.7 Å². The fraction of sp³-hybridized carbons (Fsp3) is 0.231. The average molecular weight is 465 g/mol. The van der Waals surface area contributed by atoms with Gasteiger partial charge in [0.15, 0.2) is 29.6 Å². The first-order valence-corrected chi connectivity index (χ1v) is 10.7. The van der Waals surface area contributed by atoms with E-state index in [2.05, 4.69) is 10.6 Å². The number of methoxy groups -OCH3 is 3. The molecule has 34 heavy (non-hydrogen) atoms. The summed E-state index contributed by atoms with van der Waals surface area (Å²) in [6.07, 6.45) is 0.835. The largest absolute Gasteiger partial charge is 0.493 e. The summed E-state index contributed by atoms with van der Waals surface area (Å²) in [5.74, 6) is 1.82. The van der Waals surface area contributed by atoms with Crippen molar-refractivity contribution in [2.75, 3.05) is 38.6 Å². The molecule has 8 heteroatoms. The minimum atomic E-state index is -0.331. The molecule has 0 saturated carbocycles. The van der Waals surface area contributed by atoms with Crippen molar-refractivity contribution in [1.29, 1.82) is 0 Å². The van der Waals surface area contributed by atoms with Crippen LogP contribution in [0.5, 0.6) is 23.0 Å². The first-order chi connectivity index (χ1) is 16.5. The number of aryl methyl sites for hydroxylation is 1. The molecule has 0 bridgehead atoms. The summed E-state index contributed by atoms with van der Waals surface area (Å²) in [4.78, 5) is 24.7. The molecule has 0 radical (unpaired) electrons. The van der Waals surface area contributed by atoms with Crippen LogP contribution < -0.4 is 29.6 Å². The molecule has 8 nitrogen and oxygen atoms in total. The molecular formula is C26H28N2O6. The molecule has 2 amide bonds. The lowest BCUT2D eigenvalue weighted by atomic mass is 10.1. The summed E-state index contributed by atoms with van der Waals surface area (Å²) in [7, 11) is 4.69. The molecule has 3 aromatic rings. The van der Waals surface area contributed by atoms with Gasteiger partial charge in [0, 0.05) is 17.8 Å². The minimum Gasteiger partial charge on any atom is -0.493 e. The smallest absolute Gasteiger partial charge is 0.262 e. The predicted molar refractivity (Wildman–Crippen MR) is 130 cm³/mol. The Kier molecular flexibility index (Phi) is 8.73. The molecule has 0 aliphatic rings. The van der Waals surface area contributed by atoms with E-state index in [-0.39, 0.29) is 18.4 Å². The van der Waals surface area contributed by atoms with E-state index in [1.165, 1.54) is 7.11 Å². The summed E-state index contributed by atoms with van der Waals surface area (Å²) in [6.45, 7) is -0.178. The predicted octanol–water partition coefficient (Wildman–Crippen LogP) is 4.30. The van der Waals surface area contributed by atoms with Crippen molar-refractivity contribution in [3.8, 4) is 23.0 Å². The van der Waals surface area contributed by atoms with Crippen molar-refractivity contribution >= 4 is 23.2 Å². The second-order valence-electron chi connectivity index (χ2n) is 7.31. The number of para-hydroxylation sites is 2. The van der Waals surface area contributed by atoms with Crippen LogP contribution >= 0.6 is 0 Å². The van der Waals surface area contributed by atoms with Gasteiger partial charge in [-0.25, -0.2) is 0 Å². The van der Waals surface area contributed by atoms with Gasteiger partial charge in [0.1, 0.15) is 0 Å². The molecule has 0 fully saturated rings. The maximum Gasteiger partial charge on any atom is 0.262 e. The summed E-state index contributed by atoms with van der Waals surface area (Å²) in [5, 5.41) is 5.62. The molecule has 0 saturated heterocycles. The molecule has 178 valence electrons. The summed E-state index contributed by atoms with van der Waals surface area (Å²) >= 11 is 0. The SMILES string of the molecule is COc1ccc(CCC(=O)Nc2cccc(NC(=O)COc3ccccc3OC)c2)cc1OC. The van der Waals surface area contributed by atoms with Crippen molar-refractivity contribution in [3.63, 3.8) is 0 Å². The van der Waals surface area contributed by atoms with Crippen molar-refractivity contribution < 1.29 is 28.5 Å². The third-order valence-electron chi connectivity index (χ3n) is 4.95. The molecule has 0 heterocycles. The van der Waals surface area contributed by atoms with E-state index < -0.39 is 0 Å². The summed E-state index contributed by atoms with van der Waals surface area (Å²) < 4.78 is 21.3. The van der Waals surface area contributed by atoms with Gasteiger partial charge in [0.2, 0.25) is 5.91 Å². The van der Waals surface area contributed by atoms with Crippen LogP contribution in [0.25, 0.3) is 0 Å². The van der Waals surface area contributed by atoms with Crippen LogP contribution in [0.2, 0.25) is 0 Å². The molecule has 0 atom stereocenters. The van der Waals surface area contributed by atoms with Crippen molar-refractivity contribution in [3.05, 3.63) is 72.3 Å². The standard InChI is InChI=1S/C26H28N2O6/c1-31-21-9-4-5-10-23(21)34-17-26(30)28-20-8-6-7-19(16-20)27-25(29)14-12-18-11-13-22(32-2)24(15-18)33-3/h4-11,13,15-16H,12,14,17H2,1-3H3,(H,27,29)(H,28,30). The topological polar surface area (TPSA) is 95.1 Å². The molecule has 2 N–H and O–H groups in total. The number of hydrogen-bond donors (Lipinski definition) is 2. The van der Waals surface area contributed by atoms with E-state index >= 15 is 0 Å². The Hall–Kier alpha value is -4.20. The average Bonchev–Trinajstić information content (AvgIpc) is 2.86. The number of benzene rings is 3. The zero-order chi connectivity index (χ0) is 24.3. The quantitative estimate of drug-likeness (QED) is 0.439. The lowest BCUT2D eigenvalue weighted by Crippen LogP contribution is -2.20. The number of carbonyl (C=O) groups is 2. The molecule has 0 aliphatic heterocycles. The monoisotopic (exact) mass is 464 g/mol. The summed E-state index contributed by atoms with van der Waals surface area (Å²) in [5.41, 5.74) is 2.09. The second kappa shape index (κ2) is 12.2. The van der Waals surface area contributed by atoms with E-state index in [0.29, 0.717) is 47.2 Å². The molecule has 0 aliphatic carbocycles. The van der Waals surface area contributed by atoms with Gasteiger partial charge < -0.3 is 29.6 Å². The van der Waals surface area contributed by atoms with Gasteiger partial charge in [-0.3, -0.25) is 9.59 Å². The highest BCUT2D eigenvalue weighted by molar-refractivity contribution is 5.94. The Balaban J connectivity index is 1.50. The van der Waals surface area contributed by atoms with E-state index in [4.69, 9.17) is 18.9 Å². The first kappa shape index (κ1) is 24.4. The molecule has 3 aromatic carbocycles. The number of hydrogen-bond acceptors (Lipinski definition) is 6. The van der Waals surface area contributed by atoms with Crippen LogP contribution in [0.15, 0.2) is 66.7 Å². The number of amides is 2. The van der Waals surface area contributed by atoms with Crippen molar-refractivity contribution in [2.45, 2.75) is 12.8 Å². The molecule has 0 unspecified atom stereocenters. The fourth-order valence-corrected chi connectivity index (χ4v) is 3.27. The Labute approximate surface area is 198 Å². The van der Waals surface area contributed by atoms with Crippen LogP contribution in [0.3, 0.4) is 0 Å². The number of ether oxygens (including phenoxy) is 4. The molecule has 0 spiro atoms.